The summed E-state index contributed by atoms with van der Waals surface area (Å²) in [5.41, 5.74) is 3.42. The van der Waals surface area contributed by atoms with E-state index in [1.54, 1.807) is 12.4 Å². The van der Waals surface area contributed by atoms with E-state index in [1.807, 2.05) is 24.4 Å². The third-order valence-corrected chi connectivity index (χ3v) is 9.41. The maximum absolute atomic E-state index is 6.77. The standard InChI is InChI=1S/C30H29Cl2N3O3/c31-23-15-33-16-24(32)26(23)27-22(28(38-35-27)19-3-4-19)17-37-30-10-7-29(8-11-30,9-12-30)18-36-21-5-6-25-20(14-21)2-1-13-34-25/h1-2,5-6,13-16,19H,3-4,7-12,17-18H2. The van der Waals surface area contributed by atoms with E-state index in [4.69, 9.17) is 37.2 Å². The Hall–Kier alpha value is -2.67. The molecule has 4 aromatic rings. The quantitative estimate of drug-likeness (QED) is 0.221. The highest BCUT2D eigenvalue weighted by atomic mass is 35.5. The van der Waals surface area contributed by atoms with Crippen LogP contribution in [0, 0.1) is 5.41 Å². The van der Waals surface area contributed by atoms with Crippen molar-refractivity contribution < 1.29 is 14.0 Å². The summed E-state index contributed by atoms with van der Waals surface area (Å²) in [5.74, 6) is 2.24. The van der Waals surface area contributed by atoms with Gasteiger partial charge in [-0.3, -0.25) is 9.97 Å². The lowest BCUT2D eigenvalue weighted by molar-refractivity contribution is -0.150. The number of benzene rings is 1. The lowest BCUT2D eigenvalue weighted by atomic mass is 9.59. The molecule has 3 aromatic heterocycles. The van der Waals surface area contributed by atoms with E-state index >= 15 is 0 Å². The van der Waals surface area contributed by atoms with Crippen LogP contribution in [0.25, 0.3) is 22.2 Å². The first kappa shape index (κ1) is 24.4. The molecule has 0 atom stereocenters. The monoisotopic (exact) mass is 549 g/mol. The molecule has 8 rings (SSSR count). The summed E-state index contributed by atoms with van der Waals surface area (Å²) in [7, 11) is 0. The fraction of sp³-hybridized carbons (Fsp3) is 0.433. The molecular formula is C30H29Cl2N3O3. The second-order valence-corrected chi connectivity index (χ2v) is 12.1. The highest BCUT2D eigenvalue weighted by Crippen LogP contribution is 2.55. The number of hydrogen-bond donors (Lipinski definition) is 0. The molecule has 0 saturated heterocycles. The van der Waals surface area contributed by atoms with Crippen molar-refractivity contribution in [3.63, 3.8) is 0 Å². The number of hydrogen-bond acceptors (Lipinski definition) is 6. The summed E-state index contributed by atoms with van der Waals surface area (Å²) in [4.78, 5) is 8.50. The molecule has 6 nitrogen and oxygen atoms in total. The van der Waals surface area contributed by atoms with Gasteiger partial charge in [-0.1, -0.05) is 34.4 Å². The normalized spacial score (nSPS) is 24.7. The van der Waals surface area contributed by atoms with Crippen LogP contribution in [0.1, 0.15) is 68.6 Å². The molecule has 0 aliphatic heterocycles. The molecule has 4 saturated carbocycles. The summed E-state index contributed by atoms with van der Waals surface area (Å²) in [6.07, 6.45) is 13.7. The summed E-state index contributed by atoms with van der Waals surface area (Å²) in [6, 6.07) is 10.2. The van der Waals surface area contributed by atoms with E-state index < -0.39 is 0 Å². The lowest BCUT2D eigenvalue weighted by Crippen LogP contribution is -2.49. The SMILES string of the molecule is Clc1cncc(Cl)c1-c1noc(C2CC2)c1COC12CCC(COc3ccc4ncccc4c3)(CC1)CC2. The first-order chi connectivity index (χ1) is 18.5. The van der Waals surface area contributed by atoms with Crippen LogP contribution in [0.2, 0.25) is 10.0 Å². The predicted molar refractivity (Wildman–Crippen MR) is 147 cm³/mol. The minimum absolute atomic E-state index is 0.114. The lowest BCUT2D eigenvalue weighted by Gasteiger charge is -2.52. The second kappa shape index (κ2) is 9.51. The molecule has 3 heterocycles. The number of halogens is 2. The van der Waals surface area contributed by atoms with Gasteiger partial charge >= 0.3 is 0 Å². The predicted octanol–water partition coefficient (Wildman–Crippen LogP) is 8.16. The van der Waals surface area contributed by atoms with Crippen molar-refractivity contribution >= 4 is 34.1 Å². The zero-order valence-corrected chi connectivity index (χ0v) is 22.6. The molecule has 0 radical (unpaired) electrons. The number of pyridine rings is 2. The first-order valence-electron chi connectivity index (χ1n) is 13.4. The first-order valence-corrected chi connectivity index (χ1v) is 14.2. The molecule has 2 bridgehead atoms. The molecular weight excluding hydrogens is 521 g/mol. The van der Waals surface area contributed by atoms with Crippen LogP contribution in [0.4, 0.5) is 0 Å². The molecule has 38 heavy (non-hydrogen) atoms. The number of nitrogens with zero attached hydrogens (tertiary/aromatic N) is 3. The van der Waals surface area contributed by atoms with Gasteiger partial charge in [0.2, 0.25) is 0 Å². The van der Waals surface area contributed by atoms with Crippen LogP contribution in [-0.4, -0.2) is 27.3 Å². The fourth-order valence-corrected chi connectivity index (χ4v) is 6.77. The molecule has 196 valence electrons. The smallest absolute Gasteiger partial charge is 0.145 e. The van der Waals surface area contributed by atoms with Crippen molar-refractivity contribution in [2.75, 3.05) is 6.61 Å². The molecule has 1 aromatic carbocycles. The zero-order chi connectivity index (χ0) is 25.7. The molecule has 0 unspecified atom stereocenters. The highest BCUT2D eigenvalue weighted by molar-refractivity contribution is 6.38. The van der Waals surface area contributed by atoms with Crippen molar-refractivity contribution in [2.45, 2.75) is 69.5 Å². The summed E-state index contributed by atoms with van der Waals surface area (Å²) < 4.78 is 18.9. The van der Waals surface area contributed by atoms with Crippen molar-refractivity contribution in [2.24, 2.45) is 5.41 Å². The van der Waals surface area contributed by atoms with Crippen LogP contribution in [-0.2, 0) is 11.3 Å². The molecule has 0 N–H and O–H groups in total. The molecule has 4 fully saturated rings. The number of fused-ring (bicyclic) bond motifs is 4. The van der Waals surface area contributed by atoms with Crippen LogP contribution in [0.3, 0.4) is 0 Å². The zero-order valence-electron chi connectivity index (χ0n) is 21.1. The van der Waals surface area contributed by atoms with Crippen LogP contribution in [0.15, 0.2) is 53.4 Å². The Morgan fingerprint density at radius 1 is 0.974 bits per heavy atom. The van der Waals surface area contributed by atoms with Gasteiger partial charge < -0.3 is 14.0 Å². The molecule has 4 aliphatic carbocycles. The Balaban J connectivity index is 1.04. The summed E-state index contributed by atoms with van der Waals surface area (Å²) in [6.45, 7) is 1.20. The highest BCUT2D eigenvalue weighted by Gasteiger charge is 2.50. The molecule has 0 amide bonds. The number of aromatic nitrogens is 3. The maximum Gasteiger partial charge on any atom is 0.145 e. The van der Waals surface area contributed by atoms with Gasteiger partial charge in [0, 0.05) is 46.4 Å². The Bertz CT molecular complexity index is 1450. The van der Waals surface area contributed by atoms with E-state index in [-0.39, 0.29) is 11.0 Å². The van der Waals surface area contributed by atoms with Crippen LogP contribution in [0.5, 0.6) is 5.75 Å². The van der Waals surface area contributed by atoms with Gasteiger partial charge in [0.15, 0.2) is 0 Å². The van der Waals surface area contributed by atoms with Gasteiger partial charge in [-0.15, -0.1) is 0 Å². The Morgan fingerprint density at radius 2 is 1.74 bits per heavy atom. The third-order valence-electron chi connectivity index (χ3n) is 8.83. The number of ether oxygens (including phenoxy) is 2. The van der Waals surface area contributed by atoms with Gasteiger partial charge in [-0.2, -0.15) is 0 Å². The minimum Gasteiger partial charge on any atom is -0.493 e. The Labute approximate surface area is 231 Å². The van der Waals surface area contributed by atoms with E-state index in [2.05, 4.69) is 27.3 Å². The van der Waals surface area contributed by atoms with Gasteiger partial charge in [-0.05, 0) is 75.6 Å². The van der Waals surface area contributed by atoms with Gasteiger partial charge in [0.25, 0.3) is 0 Å². The van der Waals surface area contributed by atoms with E-state index in [0.29, 0.717) is 33.8 Å². The summed E-state index contributed by atoms with van der Waals surface area (Å²) >= 11 is 13.0. The fourth-order valence-electron chi connectivity index (χ4n) is 6.23. The largest absolute Gasteiger partial charge is 0.493 e. The van der Waals surface area contributed by atoms with Crippen molar-refractivity contribution in [1.82, 2.24) is 15.1 Å². The molecule has 0 spiro atoms. The minimum atomic E-state index is -0.114. The Kier molecular flexibility index (Phi) is 6.10. The van der Waals surface area contributed by atoms with E-state index in [9.17, 15) is 0 Å². The van der Waals surface area contributed by atoms with Crippen molar-refractivity contribution in [1.29, 1.82) is 0 Å². The second-order valence-electron chi connectivity index (χ2n) is 11.2. The van der Waals surface area contributed by atoms with Crippen molar-refractivity contribution in [3.05, 3.63) is 70.3 Å². The van der Waals surface area contributed by atoms with E-state index in [1.165, 1.54) is 0 Å². The van der Waals surface area contributed by atoms with Crippen LogP contribution < -0.4 is 4.74 Å². The molecule has 8 heteroatoms. The van der Waals surface area contributed by atoms with Gasteiger partial charge in [0.05, 0.1) is 34.4 Å². The topological polar surface area (TPSA) is 70.3 Å². The summed E-state index contributed by atoms with van der Waals surface area (Å²) in [5, 5.41) is 6.44. The van der Waals surface area contributed by atoms with Gasteiger partial charge in [0.1, 0.15) is 17.2 Å². The average molecular weight is 550 g/mol. The maximum atomic E-state index is 6.77. The number of rotatable bonds is 8. The average Bonchev–Trinajstić information content (AvgIpc) is 3.72. The Morgan fingerprint density at radius 3 is 2.47 bits per heavy atom. The molecule has 4 aliphatic rings. The van der Waals surface area contributed by atoms with Gasteiger partial charge in [-0.25, -0.2) is 0 Å². The van der Waals surface area contributed by atoms with Crippen LogP contribution >= 0.6 is 23.2 Å². The van der Waals surface area contributed by atoms with E-state index in [0.717, 1.165) is 85.9 Å². The third kappa shape index (κ3) is 4.47. The van der Waals surface area contributed by atoms with Crippen molar-refractivity contribution in [3.8, 4) is 17.0 Å².